The van der Waals surface area contributed by atoms with Crippen LogP contribution in [-0.2, 0) is 0 Å². The van der Waals surface area contributed by atoms with E-state index in [-0.39, 0.29) is 6.01 Å². The Morgan fingerprint density at radius 2 is 2.20 bits per heavy atom. The van der Waals surface area contributed by atoms with Crippen LogP contribution < -0.4 is 4.74 Å². The monoisotopic (exact) mass is 142 g/mol. The quantitative estimate of drug-likeness (QED) is 0.547. The largest absolute Gasteiger partial charge is 0.467 e. The van der Waals surface area contributed by atoms with Crippen LogP contribution in [0, 0.1) is 12.9 Å². The first-order valence-corrected chi connectivity index (χ1v) is 2.77. The van der Waals surface area contributed by atoms with Gasteiger partial charge >= 0.3 is 6.01 Å². The zero-order valence-corrected chi connectivity index (χ0v) is 5.76. The van der Waals surface area contributed by atoms with Crippen LogP contribution in [-0.4, -0.2) is 17.1 Å². The molecule has 0 aliphatic heterocycles. The lowest BCUT2D eigenvalue weighted by Gasteiger charge is -1.96. The summed E-state index contributed by atoms with van der Waals surface area (Å²) in [5.41, 5.74) is 0.560. The number of aromatic nitrogens is 2. The number of methoxy groups -OCH3 is 1. The summed E-state index contributed by atoms with van der Waals surface area (Å²) in [6, 6.07) is 1.31. The maximum atomic E-state index is 12.4. The fraction of sp³-hybridized carbons (Fsp3) is 0.333. The van der Waals surface area contributed by atoms with Gasteiger partial charge < -0.3 is 4.74 Å². The molecule has 0 N–H and O–H groups in total. The fourth-order valence-corrected chi connectivity index (χ4v) is 0.595. The predicted octanol–water partition coefficient (Wildman–Crippen LogP) is 0.933. The second kappa shape index (κ2) is 2.60. The van der Waals surface area contributed by atoms with E-state index in [9.17, 15) is 4.39 Å². The first-order chi connectivity index (χ1) is 4.72. The van der Waals surface area contributed by atoms with E-state index in [1.807, 2.05) is 0 Å². The van der Waals surface area contributed by atoms with Crippen LogP contribution in [0.2, 0.25) is 0 Å². The third-order valence-corrected chi connectivity index (χ3v) is 0.985. The topological polar surface area (TPSA) is 35.0 Å². The Bertz CT molecular complexity index is 219. The molecule has 0 radical (unpaired) electrons. The van der Waals surface area contributed by atoms with Gasteiger partial charge in [0, 0.05) is 11.8 Å². The second-order valence-electron chi connectivity index (χ2n) is 1.82. The van der Waals surface area contributed by atoms with Crippen molar-refractivity contribution in [2.45, 2.75) is 6.92 Å². The Balaban J connectivity index is 3.06. The molecule has 0 aromatic carbocycles. The normalized spacial score (nSPS) is 9.50. The van der Waals surface area contributed by atoms with Crippen molar-refractivity contribution in [3.05, 3.63) is 17.7 Å². The average Bonchev–Trinajstić information content (AvgIpc) is 1.85. The van der Waals surface area contributed by atoms with Crippen LogP contribution in [0.15, 0.2) is 6.07 Å². The van der Waals surface area contributed by atoms with Crippen LogP contribution >= 0.6 is 0 Å². The molecular formula is C6H7FN2O. The highest BCUT2D eigenvalue weighted by Crippen LogP contribution is 2.03. The molecule has 0 saturated carbocycles. The van der Waals surface area contributed by atoms with Crippen molar-refractivity contribution in [2.24, 2.45) is 0 Å². The standard InChI is InChI=1S/C6H7FN2O/c1-4-3-5(7)9-6(8-4)10-2/h3H,1-2H3. The molecule has 0 spiro atoms. The average molecular weight is 142 g/mol. The van der Waals surface area contributed by atoms with E-state index in [1.165, 1.54) is 13.2 Å². The molecule has 1 rings (SSSR count). The Hall–Kier alpha value is -1.19. The summed E-state index contributed by atoms with van der Waals surface area (Å²) >= 11 is 0. The van der Waals surface area contributed by atoms with Crippen molar-refractivity contribution in [2.75, 3.05) is 7.11 Å². The number of ether oxygens (including phenoxy) is 1. The molecule has 1 heterocycles. The van der Waals surface area contributed by atoms with Crippen molar-refractivity contribution < 1.29 is 9.13 Å². The van der Waals surface area contributed by atoms with Crippen LogP contribution in [0.3, 0.4) is 0 Å². The molecule has 3 nitrogen and oxygen atoms in total. The van der Waals surface area contributed by atoms with Gasteiger partial charge in [-0.3, -0.25) is 0 Å². The van der Waals surface area contributed by atoms with Crippen LogP contribution in [0.5, 0.6) is 6.01 Å². The highest BCUT2D eigenvalue weighted by atomic mass is 19.1. The molecule has 54 valence electrons. The van der Waals surface area contributed by atoms with Crippen molar-refractivity contribution in [1.82, 2.24) is 9.97 Å². The molecule has 1 aromatic heterocycles. The molecule has 1 aromatic rings. The third kappa shape index (κ3) is 1.40. The minimum Gasteiger partial charge on any atom is -0.467 e. The lowest BCUT2D eigenvalue weighted by atomic mass is 10.5. The molecule has 0 bridgehead atoms. The molecule has 0 unspecified atom stereocenters. The zero-order valence-electron chi connectivity index (χ0n) is 5.76. The van der Waals surface area contributed by atoms with E-state index in [1.54, 1.807) is 6.92 Å². The molecule has 0 saturated heterocycles. The second-order valence-corrected chi connectivity index (χ2v) is 1.82. The van der Waals surface area contributed by atoms with E-state index >= 15 is 0 Å². The minimum atomic E-state index is -0.565. The third-order valence-electron chi connectivity index (χ3n) is 0.985. The van der Waals surface area contributed by atoms with Crippen LogP contribution in [0.4, 0.5) is 4.39 Å². The molecule has 0 atom stereocenters. The van der Waals surface area contributed by atoms with Gasteiger partial charge in [-0.05, 0) is 6.92 Å². The van der Waals surface area contributed by atoms with Gasteiger partial charge in [0.2, 0.25) is 5.95 Å². The highest BCUT2D eigenvalue weighted by molar-refractivity contribution is 5.04. The molecule has 0 aliphatic rings. The van der Waals surface area contributed by atoms with E-state index < -0.39 is 5.95 Å². The van der Waals surface area contributed by atoms with Gasteiger partial charge in [0.05, 0.1) is 7.11 Å². The van der Waals surface area contributed by atoms with Crippen LogP contribution in [0.25, 0.3) is 0 Å². The molecule has 4 heteroatoms. The lowest BCUT2D eigenvalue weighted by Crippen LogP contribution is -1.95. The van der Waals surface area contributed by atoms with Crippen molar-refractivity contribution >= 4 is 0 Å². The Labute approximate surface area is 57.9 Å². The number of hydrogen-bond donors (Lipinski definition) is 0. The van der Waals surface area contributed by atoms with Gasteiger partial charge in [0.15, 0.2) is 0 Å². The summed E-state index contributed by atoms with van der Waals surface area (Å²) in [4.78, 5) is 7.13. The van der Waals surface area contributed by atoms with Crippen LogP contribution in [0.1, 0.15) is 5.69 Å². The van der Waals surface area contributed by atoms with E-state index in [4.69, 9.17) is 0 Å². The van der Waals surface area contributed by atoms with Gasteiger partial charge in [-0.15, -0.1) is 0 Å². The fourth-order valence-electron chi connectivity index (χ4n) is 0.595. The van der Waals surface area contributed by atoms with E-state index in [0.717, 1.165) is 0 Å². The first kappa shape index (κ1) is 6.92. The molecular weight excluding hydrogens is 135 g/mol. The molecule has 0 aliphatic carbocycles. The van der Waals surface area contributed by atoms with Crippen molar-refractivity contribution in [3.63, 3.8) is 0 Å². The first-order valence-electron chi connectivity index (χ1n) is 2.77. The van der Waals surface area contributed by atoms with Gasteiger partial charge in [0.1, 0.15) is 0 Å². The number of halogens is 1. The predicted molar refractivity (Wildman–Crippen MR) is 33.3 cm³/mol. The summed E-state index contributed by atoms with van der Waals surface area (Å²) in [5, 5.41) is 0. The van der Waals surface area contributed by atoms with E-state index in [2.05, 4.69) is 14.7 Å². The Morgan fingerprint density at radius 1 is 1.50 bits per heavy atom. The Kier molecular flexibility index (Phi) is 1.80. The number of aryl methyl sites for hydroxylation is 1. The van der Waals surface area contributed by atoms with Gasteiger partial charge in [0.25, 0.3) is 0 Å². The number of hydrogen-bond acceptors (Lipinski definition) is 3. The minimum absolute atomic E-state index is 0.0671. The molecule has 10 heavy (non-hydrogen) atoms. The zero-order chi connectivity index (χ0) is 7.56. The summed E-state index contributed by atoms with van der Waals surface area (Å²) in [5.74, 6) is -0.565. The Morgan fingerprint density at radius 3 is 2.70 bits per heavy atom. The molecule has 0 amide bonds. The maximum Gasteiger partial charge on any atom is 0.319 e. The molecule has 0 fully saturated rings. The SMILES string of the molecule is COc1nc(C)cc(F)n1. The van der Waals surface area contributed by atoms with Gasteiger partial charge in [-0.25, -0.2) is 4.98 Å². The summed E-state index contributed by atoms with van der Waals surface area (Å²) in [7, 11) is 1.40. The smallest absolute Gasteiger partial charge is 0.319 e. The summed E-state index contributed by atoms with van der Waals surface area (Å²) in [6.45, 7) is 1.67. The number of nitrogens with zero attached hydrogens (tertiary/aromatic N) is 2. The highest BCUT2D eigenvalue weighted by Gasteiger charge is 1.98. The lowest BCUT2D eigenvalue weighted by molar-refractivity contribution is 0.367. The van der Waals surface area contributed by atoms with Gasteiger partial charge in [-0.2, -0.15) is 9.37 Å². The number of rotatable bonds is 1. The van der Waals surface area contributed by atoms with Crippen molar-refractivity contribution in [1.29, 1.82) is 0 Å². The van der Waals surface area contributed by atoms with Gasteiger partial charge in [-0.1, -0.05) is 0 Å². The summed E-state index contributed by atoms with van der Waals surface area (Å²) in [6.07, 6.45) is 0. The summed E-state index contributed by atoms with van der Waals surface area (Å²) < 4.78 is 17.0. The van der Waals surface area contributed by atoms with Crippen molar-refractivity contribution in [3.8, 4) is 6.01 Å². The maximum absolute atomic E-state index is 12.4. The van der Waals surface area contributed by atoms with E-state index in [0.29, 0.717) is 5.69 Å².